The molecule has 0 amide bonds. The molecule has 0 spiro atoms. The van der Waals surface area contributed by atoms with Gasteiger partial charge in [-0.2, -0.15) is 0 Å². The Morgan fingerprint density at radius 1 is 1.11 bits per heavy atom. The first-order valence-electron chi connectivity index (χ1n) is 12.2. The number of benzene rings is 3. The monoisotopic (exact) mass is 482 g/mol. The molecule has 1 heterocycles. The number of carbonyl (C=O) groups is 1. The van der Waals surface area contributed by atoms with E-state index in [0.717, 1.165) is 36.9 Å². The number of phenolic OH excluding ortho intramolecular Hbond substituents is 2. The number of aryl methyl sites for hydroxylation is 1. The minimum absolute atomic E-state index is 0.147. The molecule has 3 N–H and O–H groups in total. The van der Waals surface area contributed by atoms with E-state index >= 15 is 0 Å². The van der Waals surface area contributed by atoms with Crippen LogP contribution in [-0.4, -0.2) is 39.7 Å². The number of H-pyrrole nitrogens is 1. The predicted molar refractivity (Wildman–Crippen MR) is 141 cm³/mol. The molecular formula is C30H30N2O4. The summed E-state index contributed by atoms with van der Waals surface area (Å²) in [5.41, 5.74) is 6.60. The molecular weight excluding hydrogens is 452 g/mol. The molecule has 1 aromatic heterocycles. The van der Waals surface area contributed by atoms with Crippen LogP contribution in [0.4, 0.5) is 0 Å². The van der Waals surface area contributed by atoms with Gasteiger partial charge in [-0.3, -0.25) is 4.90 Å². The van der Waals surface area contributed by atoms with Gasteiger partial charge in [-0.25, -0.2) is 4.79 Å². The molecule has 4 aromatic rings. The molecule has 0 bridgehead atoms. The van der Waals surface area contributed by atoms with Crippen LogP contribution in [0.3, 0.4) is 0 Å². The quantitative estimate of drug-likeness (QED) is 0.175. The second kappa shape index (κ2) is 10.3. The zero-order valence-electron chi connectivity index (χ0n) is 20.3. The molecule has 6 heteroatoms. The fourth-order valence-corrected chi connectivity index (χ4v) is 5.20. The van der Waals surface area contributed by atoms with Gasteiger partial charge < -0.3 is 19.9 Å². The predicted octanol–water partition coefficient (Wildman–Crippen LogP) is 5.50. The van der Waals surface area contributed by atoms with Crippen LogP contribution >= 0.6 is 0 Å². The minimum Gasteiger partial charge on any atom is -0.508 e. The molecule has 5 rings (SSSR count). The van der Waals surface area contributed by atoms with E-state index in [0.29, 0.717) is 12.1 Å². The van der Waals surface area contributed by atoms with Gasteiger partial charge in [0.1, 0.15) is 11.5 Å². The average Bonchev–Trinajstić information content (AvgIpc) is 3.51. The molecule has 0 saturated carbocycles. The topological polar surface area (TPSA) is 85.8 Å². The van der Waals surface area contributed by atoms with Gasteiger partial charge in [-0.1, -0.05) is 36.4 Å². The number of ether oxygens (including phenoxy) is 1. The molecule has 0 saturated heterocycles. The van der Waals surface area contributed by atoms with Crippen molar-refractivity contribution in [2.24, 2.45) is 0 Å². The van der Waals surface area contributed by atoms with Crippen LogP contribution < -0.4 is 0 Å². The van der Waals surface area contributed by atoms with Crippen LogP contribution in [0, 0.1) is 0 Å². The molecule has 36 heavy (non-hydrogen) atoms. The van der Waals surface area contributed by atoms with Crippen molar-refractivity contribution >= 4 is 22.9 Å². The van der Waals surface area contributed by atoms with Crippen molar-refractivity contribution in [3.8, 4) is 11.5 Å². The number of phenols is 2. The number of esters is 1. The zero-order valence-corrected chi connectivity index (χ0v) is 20.3. The molecule has 6 nitrogen and oxygen atoms in total. The van der Waals surface area contributed by atoms with Crippen molar-refractivity contribution in [2.75, 3.05) is 13.7 Å². The number of methoxy groups -OCH3 is 1. The molecule has 1 unspecified atom stereocenters. The highest BCUT2D eigenvalue weighted by molar-refractivity contribution is 5.87. The maximum atomic E-state index is 11.5. The first-order chi connectivity index (χ1) is 17.5. The molecule has 3 aromatic carbocycles. The number of rotatable bonds is 8. The number of aromatic nitrogens is 1. The summed E-state index contributed by atoms with van der Waals surface area (Å²) in [5, 5.41) is 21.8. The van der Waals surface area contributed by atoms with Gasteiger partial charge in [0.05, 0.1) is 7.11 Å². The average molecular weight is 483 g/mol. The number of nitrogens with one attached hydrogen (secondary N) is 1. The van der Waals surface area contributed by atoms with Gasteiger partial charge in [0.15, 0.2) is 0 Å². The summed E-state index contributed by atoms with van der Waals surface area (Å²) in [5.74, 6) is -0.0394. The second-order valence-corrected chi connectivity index (χ2v) is 9.26. The van der Waals surface area contributed by atoms with E-state index in [1.807, 2.05) is 12.1 Å². The summed E-state index contributed by atoms with van der Waals surface area (Å²) in [6, 6.07) is 19.5. The fraction of sp³-hybridized carbons (Fsp3) is 0.233. The van der Waals surface area contributed by atoms with Crippen LogP contribution in [0.2, 0.25) is 0 Å². The van der Waals surface area contributed by atoms with Crippen LogP contribution in [0.1, 0.15) is 40.3 Å². The van der Waals surface area contributed by atoms with E-state index in [4.69, 9.17) is 4.74 Å². The van der Waals surface area contributed by atoms with Gasteiger partial charge in [0.25, 0.3) is 0 Å². The number of aromatic hydroxyl groups is 2. The highest BCUT2D eigenvalue weighted by atomic mass is 16.5. The first-order valence-corrected chi connectivity index (χ1v) is 12.2. The van der Waals surface area contributed by atoms with Gasteiger partial charge >= 0.3 is 5.97 Å². The summed E-state index contributed by atoms with van der Waals surface area (Å²) in [6.07, 6.45) is 8.06. The maximum Gasteiger partial charge on any atom is 0.330 e. The van der Waals surface area contributed by atoms with E-state index in [9.17, 15) is 15.0 Å². The number of para-hydroxylation sites is 1. The van der Waals surface area contributed by atoms with E-state index in [1.165, 1.54) is 41.3 Å². The second-order valence-electron chi connectivity index (χ2n) is 9.26. The van der Waals surface area contributed by atoms with Crippen molar-refractivity contribution in [2.45, 2.75) is 31.8 Å². The van der Waals surface area contributed by atoms with E-state index in [2.05, 4.69) is 46.4 Å². The summed E-state index contributed by atoms with van der Waals surface area (Å²) in [6.45, 7) is 1.32. The highest BCUT2D eigenvalue weighted by Gasteiger charge is 2.29. The first kappa shape index (κ1) is 23.7. The number of hydrogen-bond donors (Lipinski definition) is 3. The third kappa shape index (κ3) is 4.99. The van der Waals surface area contributed by atoms with Crippen molar-refractivity contribution in [1.82, 2.24) is 9.88 Å². The van der Waals surface area contributed by atoms with E-state index in [1.54, 1.807) is 18.2 Å². The van der Waals surface area contributed by atoms with Crippen molar-refractivity contribution in [1.29, 1.82) is 0 Å². The lowest BCUT2D eigenvalue weighted by molar-refractivity contribution is -0.134. The van der Waals surface area contributed by atoms with Gasteiger partial charge in [-0.15, -0.1) is 0 Å². The fourth-order valence-electron chi connectivity index (χ4n) is 5.20. The standard InChI is InChI=1S/C30H30N2O4/c1-36-30(35)13-7-20-6-10-26-21(16-20)8-11-28(26)32(19-23-17-24(33)9-12-29(23)34)15-14-22-18-31-27-5-3-2-4-25(22)27/h2-7,9-10,12-13,16-18,28,31,33-34H,8,11,14-15,19H2,1H3/b13-7+. The Morgan fingerprint density at radius 3 is 2.83 bits per heavy atom. The third-order valence-electron chi connectivity index (χ3n) is 7.05. The Morgan fingerprint density at radius 2 is 1.97 bits per heavy atom. The smallest absolute Gasteiger partial charge is 0.330 e. The van der Waals surface area contributed by atoms with Crippen LogP contribution in [0.15, 0.2) is 72.9 Å². The highest BCUT2D eigenvalue weighted by Crippen LogP contribution is 2.38. The van der Waals surface area contributed by atoms with Crippen LogP contribution in [0.5, 0.6) is 11.5 Å². The van der Waals surface area contributed by atoms with E-state index in [-0.39, 0.29) is 23.5 Å². The van der Waals surface area contributed by atoms with Crippen molar-refractivity contribution in [3.05, 3.63) is 101 Å². The number of nitrogens with zero attached hydrogens (tertiary/aromatic N) is 1. The maximum absolute atomic E-state index is 11.5. The molecule has 1 aliphatic rings. The Labute approximate surface area is 210 Å². The summed E-state index contributed by atoms with van der Waals surface area (Å²) < 4.78 is 4.70. The third-order valence-corrected chi connectivity index (χ3v) is 7.05. The summed E-state index contributed by atoms with van der Waals surface area (Å²) >= 11 is 0. The minimum atomic E-state index is -0.372. The Kier molecular flexibility index (Phi) is 6.78. The Hall–Kier alpha value is -4.03. The SMILES string of the molecule is COC(=O)/C=C/c1ccc2c(c1)CCC2N(CCc1c[nH]c2ccccc12)Cc1cc(O)ccc1O. The molecule has 0 radical (unpaired) electrons. The number of carbonyl (C=O) groups excluding carboxylic acids is 1. The van der Waals surface area contributed by atoms with Crippen LogP contribution in [-0.2, 0) is 28.9 Å². The molecule has 0 fully saturated rings. The normalized spacial score (nSPS) is 15.1. The Bertz CT molecular complexity index is 1420. The number of aromatic amines is 1. The molecule has 1 aliphatic carbocycles. The lowest BCUT2D eigenvalue weighted by Gasteiger charge is -2.30. The largest absolute Gasteiger partial charge is 0.508 e. The molecule has 184 valence electrons. The zero-order chi connectivity index (χ0) is 25.1. The summed E-state index contributed by atoms with van der Waals surface area (Å²) in [4.78, 5) is 17.2. The van der Waals surface area contributed by atoms with Crippen molar-refractivity contribution < 1.29 is 19.7 Å². The van der Waals surface area contributed by atoms with Crippen molar-refractivity contribution in [3.63, 3.8) is 0 Å². The van der Waals surface area contributed by atoms with Crippen LogP contribution in [0.25, 0.3) is 17.0 Å². The molecule has 0 aliphatic heterocycles. The number of fused-ring (bicyclic) bond motifs is 2. The van der Waals surface area contributed by atoms with Gasteiger partial charge in [-0.05, 0) is 71.9 Å². The van der Waals surface area contributed by atoms with Gasteiger partial charge in [0.2, 0.25) is 0 Å². The lowest BCUT2D eigenvalue weighted by atomic mass is 10.0. The molecule has 1 atom stereocenters. The van der Waals surface area contributed by atoms with E-state index < -0.39 is 0 Å². The number of hydrogen-bond acceptors (Lipinski definition) is 5. The lowest BCUT2D eigenvalue weighted by Crippen LogP contribution is -2.29. The van der Waals surface area contributed by atoms with Gasteiger partial charge in [0, 0.05) is 47.9 Å². The summed E-state index contributed by atoms with van der Waals surface area (Å²) in [7, 11) is 1.37. The Balaban J connectivity index is 1.42.